The molecule has 1 aromatic heterocycles. The zero-order valence-electron chi connectivity index (χ0n) is 9.08. The summed E-state index contributed by atoms with van der Waals surface area (Å²) >= 11 is 0. The highest BCUT2D eigenvalue weighted by Crippen LogP contribution is 2.26. The number of nitrogens with zero attached hydrogens (tertiary/aromatic N) is 2. The minimum absolute atomic E-state index is 0.687. The van der Waals surface area contributed by atoms with Crippen molar-refractivity contribution in [1.29, 1.82) is 0 Å². The van der Waals surface area contributed by atoms with Crippen molar-refractivity contribution >= 4 is 0 Å². The lowest BCUT2D eigenvalue weighted by Gasteiger charge is -2.21. The van der Waals surface area contributed by atoms with Gasteiger partial charge in [-0.05, 0) is 37.9 Å². The van der Waals surface area contributed by atoms with Gasteiger partial charge in [0, 0.05) is 19.2 Å². The van der Waals surface area contributed by atoms with Gasteiger partial charge in [-0.3, -0.25) is 4.68 Å². The maximum atomic E-state index is 4.59. The first-order valence-corrected chi connectivity index (χ1v) is 5.54. The lowest BCUT2D eigenvalue weighted by atomic mass is 9.92. The number of aromatic nitrogens is 2. The summed E-state index contributed by atoms with van der Waals surface area (Å²) in [4.78, 5) is 0. The van der Waals surface area contributed by atoms with E-state index in [1.54, 1.807) is 0 Å². The molecular formula is C11H19N3. The van der Waals surface area contributed by atoms with E-state index >= 15 is 0 Å². The molecule has 1 aliphatic rings. The maximum Gasteiger partial charge on any atom is 0.0688 e. The molecule has 0 atom stereocenters. The van der Waals surface area contributed by atoms with Gasteiger partial charge in [-0.25, -0.2) is 0 Å². The molecule has 2 heterocycles. The largest absolute Gasteiger partial charge is 0.317 e. The van der Waals surface area contributed by atoms with Crippen LogP contribution in [0.1, 0.15) is 36.9 Å². The summed E-state index contributed by atoms with van der Waals surface area (Å²) in [6, 6.07) is 0. The predicted octanol–water partition coefficient (Wildman–Crippen LogP) is 1.45. The molecule has 2 rings (SSSR count). The van der Waals surface area contributed by atoms with Crippen molar-refractivity contribution in [2.75, 3.05) is 13.1 Å². The summed E-state index contributed by atoms with van der Waals surface area (Å²) in [7, 11) is 2.02. The smallest absolute Gasteiger partial charge is 0.0688 e. The molecule has 0 bridgehead atoms. The van der Waals surface area contributed by atoms with Gasteiger partial charge in [-0.1, -0.05) is 6.92 Å². The fourth-order valence-corrected chi connectivity index (χ4v) is 2.27. The molecule has 1 N–H and O–H groups in total. The Kier molecular flexibility index (Phi) is 2.87. The van der Waals surface area contributed by atoms with E-state index in [4.69, 9.17) is 0 Å². The number of hydrogen-bond acceptors (Lipinski definition) is 2. The van der Waals surface area contributed by atoms with E-state index < -0.39 is 0 Å². The van der Waals surface area contributed by atoms with Gasteiger partial charge in [0.1, 0.15) is 0 Å². The summed E-state index contributed by atoms with van der Waals surface area (Å²) in [5.41, 5.74) is 2.77. The van der Waals surface area contributed by atoms with Crippen LogP contribution in [0.5, 0.6) is 0 Å². The zero-order chi connectivity index (χ0) is 9.97. The van der Waals surface area contributed by atoms with Crippen LogP contribution >= 0.6 is 0 Å². The van der Waals surface area contributed by atoms with Crippen molar-refractivity contribution in [2.45, 2.75) is 32.1 Å². The minimum Gasteiger partial charge on any atom is -0.317 e. The molecule has 0 amide bonds. The Balaban J connectivity index is 2.20. The van der Waals surface area contributed by atoms with Crippen LogP contribution in [0.15, 0.2) is 6.20 Å². The van der Waals surface area contributed by atoms with E-state index in [0.29, 0.717) is 5.92 Å². The average molecular weight is 193 g/mol. The number of rotatable bonds is 2. The number of hydrogen-bond donors (Lipinski definition) is 1. The average Bonchev–Trinajstić information content (AvgIpc) is 2.61. The summed E-state index contributed by atoms with van der Waals surface area (Å²) < 4.78 is 1.95. The van der Waals surface area contributed by atoms with Crippen LogP contribution in [0.25, 0.3) is 0 Å². The van der Waals surface area contributed by atoms with Crippen LogP contribution in [0, 0.1) is 0 Å². The predicted molar refractivity (Wildman–Crippen MR) is 57.4 cm³/mol. The van der Waals surface area contributed by atoms with Crippen LogP contribution in [0.3, 0.4) is 0 Å². The van der Waals surface area contributed by atoms with Gasteiger partial charge >= 0.3 is 0 Å². The van der Waals surface area contributed by atoms with Gasteiger partial charge in [-0.2, -0.15) is 5.10 Å². The molecule has 1 aliphatic heterocycles. The second-order valence-electron chi connectivity index (χ2n) is 4.09. The van der Waals surface area contributed by atoms with Crippen LogP contribution < -0.4 is 5.32 Å². The van der Waals surface area contributed by atoms with Crippen molar-refractivity contribution in [1.82, 2.24) is 15.1 Å². The Morgan fingerprint density at radius 3 is 2.86 bits per heavy atom. The second-order valence-corrected chi connectivity index (χ2v) is 4.09. The third-order valence-electron chi connectivity index (χ3n) is 3.04. The molecule has 3 nitrogen and oxygen atoms in total. The molecule has 1 fully saturated rings. The fraction of sp³-hybridized carbons (Fsp3) is 0.727. The Morgan fingerprint density at radius 1 is 1.50 bits per heavy atom. The third-order valence-corrected chi connectivity index (χ3v) is 3.04. The standard InChI is InChI=1S/C11H19N3/c1-3-9-8-14(2)13-11(9)10-4-6-12-7-5-10/h8,10,12H,3-7H2,1-2H3. The highest BCUT2D eigenvalue weighted by molar-refractivity contribution is 5.21. The van der Waals surface area contributed by atoms with Crippen molar-refractivity contribution in [2.24, 2.45) is 7.05 Å². The van der Waals surface area contributed by atoms with Gasteiger partial charge in [-0.15, -0.1) is 0 Å². The van der Waals surface area contributed by atoms with E-state index in [-0.39, 0.29) is 0 Å². The van der Waals surface area contributed by atoms with E-state index in [1.807, 2.05) is 11.7 Å². The van der Waals surface area contributed by atoms with Gasteiger partial charge in [0.15, 0.2) is 0 Å². The van der Waals surface area contributed by atoms with E-state index in [9.17, 15) is 0 Å². The van der Waals surface area contributed by atoms with Gasteiger partial charge in [0.2, 0.25) is 0 Å². The molecule has 0 aromatic carbocycles. The lowest BCUT2D eigenvalue weighted by molar-refractivity contribution is 0.448. The van der Waals surface area contributed by atoms with E-state index in [0.717, 1.165) is 19.5 Å². The lowest BCUT2D eigenvalue weighted by Crippen LogP contribution is -2.27. The first-order valence-electron chi connectivity index (χ1n) is 5.54. The molecule has 1 aromatic rings. The van der Waals surface area contributed by atoms with E-state index in [2.05, 4.69) is 23.5 Å². The van der Waals surface area contributed by atoms with Crippen LogP contribution in [0.4, 0.5) is 0 Å². The number of aryl methyl sites for hydroxylation is 2. The Labute approximate surface area is 85.5 Å². The van der Waals surface area contributed by atoms with Crippen molar-refractivity contribution in [3.8, 4) is 0 Å². The molecule has 0 saturated carbocycles. The molecule has 3 heteroatoms. The monoisotopic (exact) mass is 193 g/mol. The highest BCUT2D eigenvalue weighted by atomic mass is 15.3. The highest BCUT2D eigenvalue weighted by Gasteiger charge is 2.20. The molecular weight excluding hydrogens is 174 g/mol. The second kappa shape index (κ2) is 4.13. The van der Waals surface area contributed by atoms with Crippen LogP contribution in [-0.2, 0) is 13.5 Å². The quantitative estimate of drug-likeness (QED) is 0.770. The molecule has 0 radical (unpaired) electrons. The van der Waals surface area contributed by atoms with Gasteiger partial charge < -0.3 is 5.32 Å². The topological polar surface area (TPSA) is 29.9 Å². The molecule has 14 heavy (non-hydrogen) atoms. The Hall–Kier alpha value is -0.830. The van der Waals surface area contributed by atoms with Crippen molar-refractivity contribution < 1.29 is 0 Å². The maximum absolute atomic E-state index is 4.59. The number of piperidine rings is 1. The number of nitrogens with one attached hydrogen (secondary N) is 1. The summed E-state index contributed by atoms with van der Waals surface area (Å²) in [6.45, 7) is 4.50. The van der Waals surface area contributed by atoms with Gasteiger partial charge in [0.05, 0.1) is 5.69 Å². The summed E-state index contributed by atoms with van der Waals surface area (Å²) in [6.07, 6.45) is 5.75. The summed E-state index contributed by atoms with van der Waals surface area (Å²) in [5.74, 6) is 0.687. The normalized spacial score (nSPS) is 18.7. The fourth-order valence-electron chi connectivity index (χ4n) is 2.27. The molecule has 0 spiro atoms. The first kappa shape index (κ1) is 9.71. The molecule has 1 saturated heterocycles. The van der Waals surface area contributed by atoms with E-state index in [1.165, 1.54) is 24.1 Å². The Bertz CT molecular complexity index is 297. The third kappa shape index (κ3) is 1.82. The van der Waals surface area contributed by atoms with Crippen LogP contribution in [-0.4, -0.2) is 22.9 Å². The van der Waals surface area contributed by atoms with Gasteiger partial charge in [0.25, 0.3) is 0 Å². The zero-order valence-corrected chi connectivity index (χ0v) is 9.08. The van der Waals surface area contributed by atoms with Crippen molar-refractivity contribution in [3.05, 3.63) is 17.5 Å². The SMILES string of the molecule is CCc1cn(C)nc1C1CCNCC1. The van der Waals surface area contributed by atoms with Crippen molar-refractivity contribution in [3.63, 3.8) is 0 Å². The molecule has 78 valence electrons. The molecule has 0 aliphatic carbocycles. The molecule has 0 unspecified atom stereocenters. The Morgan fingerprint density at radius 2 is 2.21 bits per heavy atom. The van der Waals surface area contributed by atoms with Crippen LogP contribution in [0.2, 0.25) is 0 Å². The minimum atomic E-state index is 0.687. The summed E-state index contributed by atoms with van der Waals surface area (Å²) in [5, 5.41) is 7.99. The first-order chi connectivity index (χ1) is 6.81.